The van der Waals surface area contributed by atoms with Gasteiger partial charge in [-0.05, 0) is 12.1 Å². The van der Waals surface area contributed by atoms with E-state index in [9.17, 15) is 4.79 Å². The van der Waals surface area contributed by atoms with Crippen molar-refractivity contribution in [2.24, 2.45) is 7.05 Å². The van der Waals surface area contributed by atoms with Crippen LogP contribution in [0.1, 0.15) is 22.6 Å². The number of carbonyl (C=O) groups is 1. The third-order valence-electron chi connectivity index (χ3n) is 2.66. The molecule has 1 aromatic heterocycles. The molecule has 0 N–H and O–H groups in total. The van der Waals surface area contributed by atoms with Gasteiger partial charge >= 0.3 is 0 Å². The molecule has 88 valence electrons. The molecule has 4 heteroatoms. The van der Waals surface area contributed by atoms with Gasteiger partial charge < -0.3 is 4.57 Å². The zero-order chi connectivity index (χ0) is 12.3. The van der Waals surface area contributed by atoms with Gasteiger partial charge in [0.25, 0.3) is 0 Å². The number of benzene rings is 1. The molecule has 1 heterocycles. The van der Waals surface area contributed by atoms with Crippen molar-refractivity contribution in [3.63, 3.8) is 0 Å². The van der Waals surface area contributed by atoms with Gasteiger partial charge in [0.1, 0.15) is 5.82 Å². The Hall–Kier alpha value is -1.42. The van der Waals surface area contributed by atoms with Gasteiger partial charge in [-0.3, -0.25) is 4.79 Å². The molecule has 0 radical (unpaired) electrons. The monoisotopic (exact) mass is 292 g/mol. The molecule has 0 saturated carbocycles. The molecular formula is C13H13BrN2O. The molecule has 0 atom stereocenters. The largest absolute Gasteiger partial charge is 0.338 e. The predicted molar refractivity (Wildman–Crippen MR) is 70.0 cm³/mol. The van der Waals surface area contributed by atoms with E-state index in [1.807, 2.05) is 42.1 Å². The molecule has 1 aromatic carbocycles. The van der Waals surface area contributed by atoms with Crippen molar-refractivity contribution in [2.75, 3.05) is 0 Å². The van der Waals surface area contributed by atoms with Crippen LogP contribution < -0.4 is 0 Å². The van der Waals surface area contributed by atoms with Gasteiger partial charge in [-0.2, -0.15) is 0 Å². The van der Waals surface area contributed by atoms with Crippen molar-refractivity contribution in [3.05, 3.63) is 52.5 Å². The van der Waals surface area contributed by atoms with E-state index in [4.69, 9.17) is 0 Å². The third kappa shape index (κ3) is 3.03. The van der Waals surface area contributed by atoms with Crippen LogP contribution in [0, 0.1) is 0 Å². The lowest BCUT2D eigenvalue weighted by Gasteiger charge is -2.02. The maximum Gasteiger partial charge on any atom is 0.163 e. The summed E-state index contributed by atoms with van der Waals surface area (Å²) in [5.41, 5.74) is 0.752. The van der Waals surface area contributed by atoms with Gasteiger partial charge in [0.05, 0.1) is 0 Å². The highest BCUT2D eigenvalue weighted by Crippen LogP contribution is 2.12. The molecule has 0 unspecified atom stereocenters. The molecule has 0 fully saturated rings. The topological polar surface area (TPSA) is 34.9 Å². The second-order valence-electron chi connectivity index (χ2n) is 3.88. The molecule has 0 bridgehead atoms. The molecule has 0 spiro atoms. The summed E-state index contributed by atoms with van der Waals surface area (Å²) >= 11 is 3.35. The van der Waals surface area contributed by atoms with E-state index in [2.05, 4.69) is 20.9 Å². The number of halogens is 1. The van der Waals surface area contributed by atoms with E-state index < -0.39 is 0 Å². The van der Waals surface area contributed by atoms with E-state index in [-0.39, 0.29) is 5.78 Å². The molecule has 17 heavy (non-hydrogen) atoms. The lowest BCUT2D eigenvalue weighted by molar-refractivity contribution is 0.0982. The van der Waals surface area contributed by atoms with E-state index in [0.29, 0.717) is 12.8 Å². The SMILES string of the molecule is Cn1ccnc1CCC(=O)c1ccc(Br)cc1. The summed E-state index contributed by atoms with van der Waals surface area (Å²) in [7, 11) is 1.94. The van der Waals surface area contributed by atoms with Gasteiger partial charge in [0.15, 0.2) is 5.78 Å². The Morgan fingerprint density at radius 2 is 2.06 bits per heavy atom. The number of nitrogens with zero attached hydrogens (tertiary/aromatic N) is 2. The van der Waals surface area contributed by atoms with Crippen LogP contribution in [0.2, 0.25) is 0 Å². The Bertz CT molecular complexity index is 516. The predicted octanol–water partition coefficient (Wildman–Crippen LogP) is 3.00. The maximum atomic E-state index is 11.9. The number of aromatic nitrogens is 2. The summed E-state index contributed by atoms with van der Waals surface area (Å²) in [5, 5.41) is 0. The number of aryl methyl sites for hydroxylation is 2. The van der Waals surface area contributed by atoms with Crippen LogP contribution in [-0.4, -0.2) is 15.3 Å². The molecule has 2 rings (SSSR count). The summed E-state index contributed by atoms with van der Waals surface area (Å²) < 4.78 is 2.92. The lowest BCUT2D eigenvalue weighted by atomic mass is 10.1. The molecule has 0 amide bonds. The first kappa shape index (κ1) is 12.0. The van der Waals surface area contributed by atoms with Crippen molar-refractivity contribution in [2.45, 2.75) is 12.8 Å². The van der Waals surface area contributed by atoms with Crippen LogP contribution in [-0.2, 0) is 13.5 Å². The first-order valence-corrected chi connectivity index (χ1v) is 6.21. The van der Waals surface area contributed by atoms with Gasteiger partial charge in [-0.1, -0.05) is 28.1 Å². The van der Waals surface area contributed by atoms with Crippen LogP contribution in [0.3, 0.4) is 0 Å². The van der Waals surface area contributed by atoms with Gasteiger partial charge in [0.2, 0.25) is 0 Å². The smallest absolute Gasteiger partial charge is 0.163 e. The highest BCUT2D eigenvalue weighted by Gasteiger charge is 2.07. The Morgan fingerprint density at radius 1 is 1.35 bits per heavy atom. The second kappa shape index (κ2) is 5.27. The minimum absolute atomic E-state index is 0.153. The van der Waals surface area contributed by atoms with Gasteiger partial charge in [-0.15, -0.1) is 0 Å². The standard InChI is InChI=1S/C13H13BrN2O/c1-16-9-8-15-13(16)7-6-12(17)10-2-4-11(14)5-3-10/h2-5,8-9H,6-7H2,1H3. The minimum Gasteiger partial charge on any atom is -0.338 e. The Labute approximate surface area is 109 Å². The number of Topliss-reactive ketones (excluding diaryl/α,β-unsaturated/α-hetero) is 1. The highest BCUT2D eigenvalue weighted by molar-refractivity contribution is 9.10. The van der Waals surface area contributed by atoms with Gasteiger partial charge in [-0.25, -0.2) is 4.98 Å². The maximum absolute atomic E-state index is 11.9. The molecular weight excluding hydrogens is 280 g/mol. The Kier molecular flexibility index (Phi) is 3.74. The summed E-state index contributed by atoms with van der Waals surface area (Å²) in [6.07, 6.45) is 4.81. The van der Waals surface area contributed by atoms with Crippen LogP contribution in [0.4, 0.5) is 0 Å². The molecule has 0 aliphatic rings. The Morgan fingerprint density at radius 3 is 2.65 bits per heavy atom. The van der Waals surface area contributed by atoms with Crippen molar-refractivity contribution >= 4 is 21.7 Å². The molecule has 0 saturated heterocycles. The van der Waals surface area contributed by atoms with Crippen molar-refractivity contribution in [1.82, 2.24) is 9.55 Å². The third-order valence-corrected chi connectivity index (χ3v) is 3.19. The van der Waals surface area contributed by atoms with E-state index in [1.165, 1.54) is 0 Å². The van der Waals surface area contributed by atoms with Gasteiger partial charge in [0, 0.05) is 42.3 Å². The summed E-state index contributed by atoms with van der Waals surface area (Å²) in [6.45, 7) is 0. The van der Waals surface area contributed by atoms with Crippen molar-refractivity contribution in [3.8, 4) is 0 Å². The minimum atomic E-state index is 0.153. The molecule has 3 nitrogen and oxygen atoms in total. The zero-order valence-electron chi connectivity index (χ0n) is 9.56. The fourth-order valence-corrected chi connectivity index (χ4v) is 1.91. The molecule has 2 aromatic rings. The fourth-order valence-electron chi connectivity index (χ4n) is 1.64. The van der Waals surface area contributed by atoms with E-state index in [1.54, 1.807) is 6.20 Å². The van der Waals surface area contributed by atoms with Crippen molar-refractivity contribution < 1.29 is 4.79 Å². The van der Waals surface area contributed by atoms with Crippen LogP contribution >= 0.6 is 15.9 Å². The van der Waals surface area contributed by atoms with Crippen LogP contribution in [0.15, 0.2) is 41.1 Å². The number of ketones is 1. The van der Waals surface area contributed by atoms with Crippen LogP contribution in [0.5, 0.6) is 0 Å². The van der Waals surface area contributed by atoms with Crippen LogP contribution in [0.25, 0.3) is 0 Å². The Balaban J connectivity index is 1.98. The molecule has 0 aliphatic carbocycles. The normalized spacial score (nSPS) is 10.5. The molecule has 0 aliphatic heterocycles. The quantitative estimate of drug-likeness (QED) is 0.812. The number of carbonyl (C=O) groups excluding carboxylic acids is 1. The first-order chi connectivity index (χ1) is 8.16. The van der Waals surface area contributed by atoms with E-state index in [0.717, 1.165) is 15.9 Å². The fraction of sp³-hybridized carbons (Fsp3) is 0.231. The second-order valence-corrected chi connectivity index (χ2v) is 4.80. The average molecular weight is 293 g/mol. The highest BCUT2D eigenvalue weighted by atomic mass is 79.9. The number of hydrogen-bond donors (Lipinski definition) is 0. The average Bonchev–Trinajstić information content (AvgIpc) is 2.73. The first-order valence-electron chi connectivity index (χ1n) is 5.42. The summed E-state index contributed by atoms with van der Waals surface area (Å²) in [6, 6.07) is 7.44. The van der Waals surface area contributed by atoms with Crippen molar-refractivity contribution in [1.29, 1.82) is 0 Å². The van der Waals surface area contributed by atoms with E-state index >= 15 is 0 Å². The number of hydrogen-bond acceptors (Lipinski definition) is 2. The summed E-state index contributed by atoms with van der Waals surface area (Å²) in [5.74, 6) is 1.09. The zero-order valence-corrected chi connectivity index (χ0v) is 11.1. The summed E-state index contributed by atoms with van der Waals surface area (Å²) in [4.78, 5) is 16.1. The lowest BCUT2D eigenvalue weighted by Crippen LogP contribution is -2.04. The number of imidazole rings is 1. The number of rotatable bonds is 4.